The second-order valence-electron chi connectivity index (χ2n) is 8.22. The van der Waals surface area contributed by atoms with Gasteiger partial charge < -0.3 is 19.9 Å². The molecule has 30 heavy (non-hydrogen) atoms. The van der Waals surface area contributed by atoms with Crippen molar-refractivity contribution >= 4 is 23.0 Å². The van der Waals surface area contributed by atoms with E-state index in [2.05, 4.69) is 20.2 Å². The van der Waals surface area contributed by atoms with E-state index in [1.807, 2.05) is 31.2 Å². The van der Waals surface area contributed by atoms with Gasteiger partial charge in [0, 0.05) is 25.0 Å². The number of H-pyrrole nitrogens is 1. The van der Waals surface area contributed by atoms with Crippen molar-refractivity contribution in [2.75, 3.05) is 32.8 Å². The van der Waals surface area contributed by atoms with E-state index in [1.165, 1.54) is 0 Å². The molecule has 8 nitrogen and oxygen atoms in total. The zero-order chi connectivity index (χ0) is 20.9. The van der Waals surface area contributed by atoms with Crippen molar-refractivity contribution in [2.24, 2.45) is 5.92 Å². The van der Waals surface area contributed by atoms with Crippen molar-refractivity contribution < 1.29 is 14.3 Å². The number of aromatic nitrogens is 2. The monoisotopic (exact) mass is 413 g/mol. The lowest BCUT2D eigenvalue weighted by Crippen LogP contribution is -2.49. The number of aromatic amines is 1. The Hall–Kier alpha value is -2.61. The number of amides is 2. The van der Waals surface area contributed by atoms with Crippen molar-refractivity contribution in [1.29, 1.82) is 0 Å². The van der Waals surface area contributed by atoms with E-state index < -0.39 is 0 Å². The Morgan fingerprint density at radius 1 is 1.13 bits per heavy atom. The van der Waals surface area contributed by atoms with E-state index in [4.69, 9.17) is 4.74 Å². The van der Waals surface area contributed by atoms with Gasteiger partial charge >= 0.3 is 6.09 Å². The van der Waals surface area contributed by atoms with Crippen molar-refractivity contribution in [3.8, 4) is 0 Å². The molecule has 0 radical (unpaired) electrons. The summed E-state index contributed by atoms with van der Waals surface area (Å²) in [6.45, 7) is 6.07. The Morgan fingerprint density at radius 2 is 1.87 bits per heavy atom. The molecule has 0 atom stereocenters. The summed E-state index contributed by atoms with van der Waals surface area (Å²) in [7, 11) is 0. The first-order valence-corrected chi connectivity index (χ1v) is 11.0. The fourth-order valence-corrected chi connectivity index (χ4v) is 4.39. The molecule has 2 amide bonds. The molecule has 0 bridgehead atoms. The van der Waals surface area contributed by atoms with E-state index in [1.54, 1.807) is 4.90 Å². The first-order valence-electron chi connectivity index (χ1n) is 11.0. The summed E-state index contributed by atoms with van der Waals surface area (Å²) in [4.78, 5) is 36.6. The third kappa shape index (κ3) is 4.92. The molecular formula is C22H31N5O3. The molecule has 2 N–H and O–H groups in total. The van der Waals surface area contributed by atoms with Gasteiger partial charge in [-0.1, -0.05) is 12.1 Å². The molecule has 2 aliphatic heterocycles. The molecule has 2 fully saturated rings. The largest absolute Gasteiger partial charge is 0.450 e. The molecule has 4 rings (SSSR count). The number of ether oxygens (including phenoxy) is 1. The molecule has 162 valence electrons. The average molecular weight is 414 g/mol. The number of hydrogen-bond donors (Lipinski definition) is 2. The highest BCUT2D eigenvalue weighted by Crippen LogP contribution is 2.21. The van der Waals surface area contributed by atoms with Crippen LogP contribution in [0.25, 0.3) is 11.0 Å². The summed E-state index contributed by atoms with van der Waals surface area (Å²) < 4.78 is 5.05. The Bertz CT molecular complexity index is 834. The van der Waals surface area contributed by atoms with Gasteiger partial charge in [0.2, 0.25) is 5.91 Å². The summed E-state index contributed by atoms with van der Waals surface area (Å²) in [6.07, 6.45) is 3.06. The highest BCUT2D eigenvalue weighted by Gasteiger charge is 2.29. The maximum atomic E-state index is 12.7. The van der Waals surface area contributed by atoms with Crippen LogP contribution < -0.4 is 5.32 Å². The van der Waals surface area contributed by atoms with Gasteiger partial charge in [0.15, 0.2) is 0 Å². The predicted molar refractivity (Wildman–Crippen MR) is 114 cm³/mol. The number of likely N-dealkylation sites (tertiary alicyclic amines) is 2. The van der Waals surface area contributed by atoms with E-state index in [-0.39, 0.29) is 24.0 Å². The quantitative estimate of drug-likeness (QED) is 0.786. The molecule has 0 unspecified atom stereocenters. The van der Waals surface area contributed by atoms with Gasteiger partial charge in [0.25, 0.3) is 0 Å². The summed E-state index contributed by atoms with van der Waals surface area (Å²) in [5.41, 5.74) is 2.06. The fraction of sp³-hybridized carbons (Fsp3) is 0.591. The highest BCUT2D eigenvalue weighted by atomic mass is 16.6. The van der Waals surface area contributed by atoms with E-state index >= 15 is 0 Å². The smallest absolute Gasteiger partial charge is 0.409 e. The Kier molecular flexibility index (Phi) is 6.52. The normalized spacial score (nSPS) is 19.2. The van der Waals surface area contributed by atoms with Crippen LogP contribution in [0.15, 0.2) is 24.3 Å². The van der Waals surface area contributed by atoms with Crippen LogP contribution in [0.2, 0.25) is 0 Å². The predicted octanol–water partition coefficient (Wildman–Crippen LogP) is 2.51. The Balaban J connectivity index is 1.19. The van der Waals surface area contributed by atoms with Crippen LogP contribution in [-0.2, 0) is 16.1 Å². The minimum absolute atomic E-state index is 0.0695. The van der Waals surface area contributed by atoms with Gasteiger partial charge in [-0.3, -0.25) is 9.69 Å². The maximum absolute atomic E-state index is 12.7. The zero-order valence-electron chi connectivity index (χ0n) is 17.6. The maximum Gasteiger partial charge on any atom is 0.409 e. The average Bonchev–Trinajstić information content (AvgIpc) is 3.17. The number of benzene rings is 1. The molecule has 0 saturated carbocycles. The molecule has 8 heteroatoms. The first kappa shape index (κ1) is 20.7. The zero-order valence-corrected chi connectivity index (χ0v) is 17.6. The van der Waals surface area contributed by atoms with Gasteiger partial charge in [-0.15, -0.1) is 0 Å². The number of carbonyl (C=O) groups is 2. The molecule has 2 aromatic rings. The molecule has 3 heterocycles. The van der Waals surface area contributed by atoms with Gasteiger partial charge in [-0.2, -0.15) is 0 Å². The number of piperidine rings is 2. The second kappa shape index (κ2) is 9.47. The van der Waals surface area contributed by atoms with E-state index in [9.17, 15) is 9.59 Å². The molecule has 1 aromatic heterocycles. The van der Waals surface area contributed by atoms with E-state index in [0.29, 0.717) is 19.7 Å². The number of nitrogens with zero attached hydrogens (tertiary/aromatic N) is 3. The van der Waals surface area contributed by atoms with Crippen LogP contribution in [0, 0.1) is 5.92 Å². The summed E-state index contributed by atoms with van der Waals surface area (Å²) >= 11 is 0. The van der Waals surface area contributed by atoms with Gasteiger partial charge in [0.1, 0.15) is 5.82 Å². The minimum atomic E-state index is -0.251. The van der Waals surface area contributed by atoms with Crippen molar-refractivity contribution in [3.05, 3.63) is 30.1 Å². The highest BCUT2D eigenvalue weighted by molar-refractivity contribution is 5.79. The molecule has 0 spiro atoms. The SMILES string of the molecule is CCOC(=O)N1CCC(NC(=O)C2CCN(Cc3nc4ccccc4[nH]3)CC2)CC1. The first-order chi connectivity index (χ1) is 14.6. The molecule has 0 aliphatic carbocycles. The van der Waals surface area contributed by atoms with Crippen LogP contribution in [0.1, 0.15) is 38.4 Å². The number of carbonyl (C=O) groups excluding carboxylic acids is 2. The third-order valence-electron chi connectivity index (χ3n) is 6.14. The third-order valence-corrected chi connectivity index (χ3v) is 6.14. The van der Waals surface area contributed by atoms with Gasteiger partial charge in [-0.05, 0) is 57.8 Å². The molecule has 2 aliphatic rings. The Morgan fingerprint density at radius 3 is 2.57 bits per heavy atom. The number of imidazole rings is 1. The van der Waals surface area contributed by atoms with Crippen LogP contribution in [-0.4, -0.2) is 70.6 Å². The second-order valence-corrected chi connectivity index (χ2v) is 8.22. The summed E-state index contributed by atoms with van der Waals surface area (Å²) in [6, 6.07) is 8.21. The lowest BCUT2D eigenvalue weighted by atomic mass is 9.94. The van der Waals surface area contributed by atoms with Gasteiger partial charge in [-0.25, -0.2) is 9.78 Å². The number of fused-ring (bicyclic) bond motifs is 1. The standard InChI is InChI=1S/C22H31N5O3/c1-2-30-22(29)27-13-9-17(10-14-27)23-21(28)16-7-11-26(12-8-16)15-20-24-18-5-3-4-6-19(18)25-20/h3-6,16-17H,2,7-15H2,1H3,(H,23,28)(H,24,25). The summed E-state index contributed by atoms with van der Waals surface area (Å²) in [5, 5.41) is 3.21. The van der Waals surface area contributed by atoms with Crippen LogP contribution in [0.4, 0.5) is 4.79 Å². The van der Waals surface area contributed by atoms with E-state index in [0.717, 1.165) is 62.2 Å². The topological polar surface area (TPSA) is 90.6 Å². The summed E-state index contributed by atoms with van der Waals surface area (Å²) in [5.74, 6) is 1.21. The molecular weight excluding hydrogens is 382 g/mol. The van der Waals surface area contributed by atoms with Crippen molar-refractivity contribution in [2.45, 2.75) is 45.2 Å². The van der Waals surface area contributed by atoms with Crippen LogP contribution in [0.5, 0.6) is 0 Å². The molecule has 2 saturated heterocycles. The number of rotatable bonds is 5. The Labute approximate surface area is 177 Å². The lowest BCUT2D eigenvalue weighted by Gasteiger charge is -2.34. The van der Waals surface area contributed by atoms with Crippen molar-refractivity contribution in [3.63, 3.8) is 0 Å². The number of para-hydroxylation sites is 2. The fourth-order valence-electron chi connectivity index (χ4n) is 4.39. The number of nitrogens with one attached hydrogen (secondary N) is 2. The van der Waals surface area contributed by atoms with Crippen LogP contribution >= 0.6 is 0 Å². The lowest BCUT2D eigenvalue weighted by molar-refractivity contribution is -0.127. The van der Waals surface area contributed by atoms with Gasteiger partial charge in [0.05, 0.1) is 24.2 Å². The molecule has 1 aromatic carbocycles. The van der Waals surface area contributed by atoms with Crippen LogP contribution in [0.3, 0.4) is 0 Å². The minimum Gasteiger partial charge on any atom is -0.450 e. The number of hydrogen-bond acceptors (Lipinski definition) is 5. The van der Waals surface area contributed by atoms with Crippen molar-refractivity contribution in [1.82, 2.24) is 25.1 Å².